The Morgan fingerprint density at radius 1 is 1.20 bits per heavy atom. The van der Waals surface area contributed by atoms with Gasteiger partial charge in [-0.25, -0.2) is 0 Å². The third-order valence-electron chi connectivity index (χ3n) is 2.75. The summed E-state index contributed by atoms with van der Waals surface area (Å²) in [5.41, 5.74) is 1.14. The second-order valence-corrected chi connectivity index (χ2v) is 5.34. The Bertz CT molecular complexity index is 614. The van der Waals surface area contributed by atoms with E-state index >= 15 is 0 Å². The number of rotatable bonds is 4. The first kappa shape index (κ1) is 14.8. The molecule has 0 saturated heterocycles. The van der Waals surface area contributed by atoms with Crippen molar-refractivity contribution in [1.82, 2.24) is 0 Å². The zero-order chi connectivity index (χ0) is 14.5. The summed E-state index contributed by atoms with van der Waals surface area (Å²) in [7, 11) is 1.52. The summed E-state index contributed by atoms with van der Waals surface area (Å²) in [4.78, 5) is 13.4. The van der Waals surface area contributed by atoms with E-state index in [2.05, 4.69) is 5.32 Å². The van der Waals surface area contributed by atoms with E-state index in [1.165, 1.54) is 7.11 Å². The van der Waals surface area contributed by atoms with Crippen LogP contribution >= 0.6 is 23.4 Å². The minimum Gasteiger partial charge on any atom is -0.496 e. The molecule has 2 aromatic carbocycles. The molecule has 0 bridgehead atoms. The normalized spacial score (nSPS) is 10.2. The van der Waals surface area contributed by atoms with Gasteiger partial charge in [-0.05, 0) is 48.7 Å². The first-order valence-electron chi connectivity index (χ1n) is 5.93. The summed E-state index contributed by atoms with van der Waals surface area (Å²) in [6.07, 6.45) is 2.00. The fourth-order valence-corrected chi connectivity index (χ4v) is 2.31. The van der Waals surface area contributed by atoms with Crippen molar-refractivity contribution < 1.29 is 9.53 Å². The summed E-state index contributed by atoms with van der Waals surface area (Å²) in [6, 6.07) is 12.6. The molecule has 2 aromatic rings. The molecule has 20 heavy (non-hydrogen) atoms. The van der Waals surface area contributed by atoms with Gasteiger partial charge >= 0.3 is 0 Å². The molecule has 0 heterocycles. The van der Waals surface area contributed by atoms with E-state index < -0.39 is 0 Å². The van der Waals surface area contributed by atoms with E-state index in [0.29, 0.717) is 16.3 Å². The van der Waals surface area contributed by atoms with Crippen molar-refractivity contribution in [2.45, 2.75) is 4.90 Å². The highest BCUT2D eigenvalue weighted by atomic mass is 35.5. The van der Waals surface area contributed by atoms with Gasteiger partial charge in [-0.15, -0.1) is 11.8 Å². The summed E-state index contributed by atoms with van der Waals surface area (Å²) in [6.45, 7) is 0. The maximum absolute atomic E-state index is 12.2. The molecule has 3 nitrogen and oxygen atoms in total. The van der Waals surface area contributed by atoms with Crippen LogP contribution < -0.4 is 10.1 Å². The number of anilines is 1. The van der Waals surface area contributed by atoms with Gasteiger partial charge in [0, 0.05) is 15.6 Å². The number of hydrogen-bond donors (Lipinski definition) is 1. The fourth-order valence-electron chi connectivity index (χ4n) is 1.73. The first-order chi connectivity index (χ1) is 9.63. The van der Waals surface area contributed by atoms with E-state index in [0.717, 1.165) is 10.6 Å². The maximum Gasteiger partial charge on any atom is 0.259 e. The minimum atomic E-state index is -0.249. The van der Waals surface area contributed by atoms with Crippen molar-refractivity contribution in [3.8, 4) is 5.75 Å². The second-order valence-electron chi connectivity index (χ2n) is 4.03. The largest absolute Gasteiger partial charge is 0.496 e. The molecule has 2 rings (SSSR count). The van der Waals surface area contributed by atoms with Gasteiger partial charge < -0.3 is 10.1 Å². The van der Waals surface area contributed by atoms with E-state index in [1.807, 2.05) is 30.5 Å². The Balaban J connectivity index is 2.20. The van der Waals surface area contributed by atoms with Crippen LogP contribution in [0.2, 0.25) is 5.02 Å². The van der Waals surface area contributed by atoms with Crippen molar-refractivity contribution >= 4 is 35.0 Å². The lowest BCUT2D eigenvalue weighted by molar-refractivity contribution is 0.102. The van der Waals surface area contributed by atoms with Crippen molar-refractivity contribution in [3.63, 3.8) is 0 Å². The number of carbonyl (C=O) groups excluding carboxylic acids is 1. The van der Waals surface area contributed by atoms with Gasteiger partial charge in [0.15, 0.2) is 0 Å². The molecule has 0 fully saturated rings. The molecule has 0 aliphatic heterocycles. The molecule has 104 valence electrons. The predicted molar refractivity (Wildman–Crippen MR) is 84.2 cm³/mol. The smallest absolute Gasteiger partial charge is 0.259 e. The topological polar surface area (TPSA) is 38.3 Å². The standard InChI is InChI=1S/C15H14ClNO2S/c1-19-14-8-3-10(16)9-13(14)15(18)17-11-4-6-12(20-2)7-5-11/h3-9H,1-2H3,(H,17,18). The van der Waals surface area contributed by atoms with Gasteiger partial charge in [0.25, 0.3) is 5.91 Å². The minimum absolute atomic E-state index is 0.249. The second kappa shape index (κ2) is 6.68. The molecule has 0 radical (unpaired) electrons. The summed E-state index contributed by atoms with van der Waals surface area (Å²) >= 11 is 7.57. The highest BCUT2D eigenvalue weighted by Gasteiger charge is 2.13. The molecule has 0 atom stereocenters. The maximum atomic E-state index is 12.2. The predicted octanol–water partition coefficient (Wildman–Crippen LogP) is 4.32. The Labute approximate surface area is 127 Å². The van der Waals surface area contributed by atoms with E-state index in [-0.39, 0.29) is 5.91 Å². The van der Waals surface area contributed by atoms with Crippen molar-refractivity contribution in [2.24, 2.45) is 0 Å². The third-order valence-corrected chi connectivity index (χ3v) is 3.73. The Morgan fingerprint density at radius 3 is 2.50 bits per heavy atom. The number of halogens is 1. The van der Waals surface area contributed by atoms with Crippen LogP contribution in [0, 0.1) is 0 Å². The first-order valence-corrected chi connectivity index (χ1v) is 7.53. The molecule has 5 heteroatoms. The van der Waals surface area contributed by atoms with Crippen LogP contribution in [0.3, 0.4) is 0 Å². The van der Waals surface area contributed by atoms with Gasteiger partial charge in [-0.3, -0.25) is 4.79 Å². The van der Waals surface area contributed by atoms with Crippen LogP contribution in [0.25, 0.3) is 0 Å². The van der Waals surface area contributed by atoms with Crippen molar-refractivity contribution in [3.05, 3.63) is 53.1 Å². The van der Waals surface area contributed by atoms with Crippen LogP contribution in [-0.2, 0) is 0 Å². The van der Waals surface area contributed by atoms with Crippen LogP contribution in [0.5, 0.6) is 5.75 Å². The lowest BCUT2D eigenvalue weighted by Crippen LogP contribution is -2.13. The fraction of sp³-hybridized carbons (Fsp3) is 0.133. The van der Waals surface area contributed by atoms with E-state index in [4.69, 9.17) is 16.3 Å². The molecular formula is C15H14ClNO2S. The zero-order valence-electron chi connectivity index (χ0n) is 11.1. The van der Waals surface area contributed by atoms with Crippen LogP contribution in [0.1, 0.15) is 10.4 Å². The zero-order valence-corrected chi connectivity index (χ0v) is 12.7. The van der Waals surface area contributed by atoms with Crippen molar-refractivity contribution in [2.75, 3.05) is 18.7 Å². The molecule has 0 aliphatic carbocycles. The van der Waals surface area contributed by atoms with Gasteiger partial charge in [0.05, 0.1) is 12.7 Å². The number of methoxy groups -OCH3 is 1. The van der Waals surface area contributed by atoms with Crippen LogP contribution in [0.15, 0.2) is 47.4 Å². The molecule has 0 saturated carbocycles. The number of benzene rings is 2. The van der Waals surface area contributed by atoms with Gasteiger partial charge in [0.1, 0.15) is 5.75 Å². The molecule has 0 aromatic heterocycles. The van der Waals surface area contributed by atoms with Crippen LogP contribution in [-0.4, -0.2) is 19.3 Å². The quantitative estimate of drug-likeness (QED) is 0.855. The van der Waals surface area contributed by atoms with Gasteiger partial charge in [0.2, 0.25) is 0 Å². The monoisotopic (exact) mass is 307 g/mol. The van der Waals surface area contributed by atoms with Gasteiger partial charge in [-0.2, -0.15) is 0 Å². The number of amides is 1. The highest BCUT2D eigenvalue weighted by molar-refractivity contribution is 7.98. The third kappa shape index (κ3) is 3.46. The number of hydrogen-bond acceptors (Lipinski definition) is 3. The van der Waals surface area contributed by atoms with E-state index in [9.17, 15) is 4.79 Å². The molecule has 0 spiro atoms. The Hall–Kier alpha value is -1.65. The average molecular weight is 308 g/mol. The molecular weight excluding hydrogens is 294 g/mol. The Kier molecular flexibility index (Phi) is 4.93. The lowest BCUT2D eigenvalue weighted by atomic mass is 10.2. The number of carbonyl (C=O) groups is 1. The van der Waals surface area contributed by atoms with Crippen LogP contribution in [0.4, 0.5) is 5.69 Å². The number of thioether (sulfide) groups is 1. The Morgan fingerprint density at radius 2 is 1.90 bits per heavy atom. The highest BCUT2D eigenvalue weighted by Crippen LogP contribution is 2.24. The summed E-state index contributed by atoms with van der Waals surface area (Å²) in [5.74, 6) is 0.244. The number of nitrogens with one attached hydrogen (secondary N) is 1. The van der Waals surface area contributed by atoms with Crippen molar-refractivity contribution in [1.29, 1.82) is 0 Å². The lowest BCUT2D eigenvalue weighted by Gasteiger charge is -2.10. The molecule has 0 unspecified atom stereocenters. The molecule has 0 aliphatic rings. The molecule has 1 amide bonds. The summed E-state index contributed by atoms with van der Waals surface area (Å²) < 4.78 is 5.17. The van der Waals surface area contributed by atoms with Gasteiger partial charge in [-0.1, -0.05) is 11.6 Å². The number of ether oxygens (including phenoxy) is 1. The average Bonchev–Trinajstić information content (AvgIpc) is 2.48. The van der Waals surface area contributed by atoms with E-state index in [1.54, 1.807) is 30.0 Å². The molecule has 1 N–H and O–H groups in total. The SMILES string of the molecule is COc1ccc(Cl)cc1C(=O)Nc1ccc(SC)cc1. The summed E-state index contributed by atoms with van der Waals surface area (Å²) in [5, 5.41) is 3.32.